The monoisotopic (exact) mass is 447 g/mol. The molecule has 1 amide bonds. The van der Waals surface area contributed by atoms with Gasteiger partial charge in [-0.2, -0.15) is 0 Å². The van der Waals surface area contributed by atoms with Gasteiger partial charge in [0.2, 0.25) is 0 Å². The maximum Gasteiger partial charge on any atom is 0.326 e. The van der Waals surface area contributed by atoms with Crippen LogP contribution >= 0.6 is 22.6 Å². The van der Waals surface area contributed by atoms with Crippen LogP contribution in [0.15, 0.2) is 24.3 Å². The van der Waals surface area contributed by atoms with Gasteiger partial charge in [-0.05, 0) is 37.0 Å². The molecule has 24 heavy (non-hydrogen) atoms. The highest BCUT2D eigenvalue weighted by Gasteiger charge is 2.21. The van der Waals surface area contributed by atoms with Crippen molar-refractivity contribution in [2.45, 2.75) is 35.6 Å². The molecule has 0 spiro atoms. The van der Waals surface area contributed by atoms with Gasteiger partial charge in [-0.3, -0.25) is 9.59 Å². The number of aryl methyl sites for hydroxylation is 1. The minimum atomic E-state index is -1.27. The maximum atomic E-state index is 12.1. The summed E-state index contributed by atoms with van der Waals surface area (Å²) in [5, 5.41) is 20.0. The van der Waals surface area contributed by atoms with Gasteiger partial charge in [-0.1, -0.05) is 34.7 Å². The van der Waals surface area contributed by atoms with Crippen LogP contribution in [-0.4, -0.2) is 44.3 Å². The normalized spacial score (nSPS) is 12.9. The molecule has 0 saturated carbocycles. The quantitative estimate of drug-likeness (QED) is 0.285. The van der Waals surface area contributed by atoms with E-state index in [1.807, 2.05) is 0 Å². The molecule has 0 heterocycles. The molecule has 0 bridgehead atoms. The van der Waals surface area contributed by atoms with Gasteiger partial charge in [-0.25, -0.2) is 4.79 Å². The van der Waals surface area contributed by atoms with Crippen molar-refractivity contribution in [1.82, 2.24) is 5.32 Å². The molecule has 1 aromatic rings. The number of amides is 1. The number of carboxylic acids is 2. The van der Waals surface area contributed by atoms with Crippen LogP contribution in [0.2, 0.25) is 0 Å². The molecule has 7 nitrogen and oxygen atoms in total. The predicted molar refractivity (Wildman–Crippen MR) is 94.4 cm³/mol. The van der Waals surface area contributed by atoms with Crippen molar-refractivity contribution in [3.05, 3.63) is 35.4 Å². The zero-order chi connectivity index (χ0) is 18.1. The third-order valence-electron chi connectivity index (χ3n) is 3.32. The number of alkyl halides is 1. The summed E-state index contributed by atoms with van der Waals surface area (Å²) in [7, 11) is 0. The summed E-state index contributed by atoms with van der Waals surface area (Å²) in [5.74, 6) is -2.97. The Morgan fingerprint density at radius 2 is 1.75 bits per heavy atom. The number of benzene rings is 1. The second-order valence-electron chi connectivity index (χ2n) is 5.18. The average molecular weight is 447 g/mol. The summed E-state index contributed by atoms with van der Waals surface area (Å²) in [6.45, 7) is 0. The van der Waals surface area contributed by atoms with Gasteiger partial charge in [0.05, 0.1) is 3.92 Å². The Kier molecular flexibility index (Phi) is 8.37. The lowest BCUT2D eigenvalue weighted by Gasteiger charge is -2.13. The van der Waals surface area contributed by atoms with Crippen LogP contribution in [0.25, 0.3) is 0 Å². The molecule has 0 radical (unpaired) electrons. The van der Waals surface area contributed by atoms with E-state index in [-0.39, 0.29) is 16.8 Å². The van der Waals surface area contributed by atoms with Crippen molar-refractivity contribution in [3.8, 4) is 0 Å². The number of nitrogens with one attached hydrogen (secondary N) is 1. The molecular weight excluding hydrogens is 429 g/mol. The third kappa shape index (κ3) is 7.07. The summed E-state index contributed by atoms with van der Waals surface area (Å²) in [4.78, 5) is 44.2. The first-order chi connectivity index (χ1) is 11.3. The topological polar surface area (TPSA) is 121 Å². The van der Waals surface area contributed by atoms with E-state index in [2.05, 4.69) is 27.9 Å². The van der Waals surface area contributed by atoms with E-state index in [4.69, 9.17) is 10.2 Å². The van der Waals surface area contributed by atoms with Crippen LogP contribution < -0.4 is 5.32 Å². The smallest absolute Gasteiger partial charge is 0.326 e. The van der Waals surface area contributed by atoms with Crippen molar-refractivity contribution < 1.29 is 29.4 Å². The summed E-state index contributed by atoms with van der Waals surface area (Å²) in [6.07, 6.45) is 1.75. The fourth-order valence-electron chi connectivity index (χ4n) is 1.96. The molecule has 0 aliphatic carbocycles. The number of halogens is 1. The number of aldehydes is 1. The second kappa shape index (κ2) is 10.0. The molecule has 0 fully saturated rings. The molecule has 3 N–H and O–H groups in total. The van der Waals surface area contributed by atoms with E-state index >= 15 is 0 Å². The van der Waals surface area contributed by atoms with Crippen LogP contribution in [-0.2, 0) is 20.8 Å². The average Bonchev–Trinajstić information content (AvgIpc) is 2.56. The summed E-state index contributed by atoms with van der Waals surface area (Å²) >= 11 is 2.05. The number of aliphatic carboxylic acids is 2. The molecule has 1 unspecified atom stereocenters. The van der Waals surface area contributed by atoms with Crippen molar-refractivity contribution in [1.29, 1.82) is 0 Å². The Morgan fingerprint density at radius 3 is 2.25 bits per heavy atom. The predicted octanol–water partition coefficient (Wildman–Crippen LogP) is 1.67. The van der Waals surface area contributed by atoms with Gasteiger partial charge >= 0.3 is 11.9 Å². The van der Waals surface area contributed by atoms with Crippen molar-refractivity contribution >= 4 is 46.7 Å². The Labute approximate surface area is 152 Å². The van der Waals surface area contributed by atoms with E-state index in [0.29, 0.717) is 18.4 Å². The van der Waals surface area contributed by atoms with Gasteiger partial charge in [0.15, 0.2) is 0 Å². The molecule has 0 aliphatic heterocycles. The molecule has 1 rings (SSSR count). The first kappa shape index (κ1) is 20.1. The third-order valence-corrected chi connectivity index (χ3v) is 4.24. The Morgan fingerprint density at radius 1 is 1.12 bits per heavy atom. The minimum absolute atomic E-state index is 0.0591. The molecule has 1 aromatic carbocycles. The van der Waals surface area contributed by atoms with Crippen LogP contribution in [0.1, 0.15) is 35.2 Å². The lowest BCUT2D eigenvalue weighted by Crippen LogP contribution is -2.41. The lowest BCUT2D eigenvalue weighted by molar-refractivity contribution is -0.140. The fraction of sp³-hybridized carbons (Fsp3) is 0.375. The van der Waals surface area contributed by atoms with Crippen LogP contribution in [0.3, 0.4) is 0 Å². The second-order valence-corrected chi connectivity index (χ2v) is 6.78. The van der Waals surface area contributed by atoms with Crippen molar-refractivity contribution in [2.75, 3.05) is 0 Å². The molecular formula is C16H18INO6. The van der Waals surface area contributed by atoms with Gasteiger partial charge in [0, 0.05) is 12.0 Å². The lowest BCUT2D eigenvalue weighted by atomic mass is 10.1. The summed E-state index contributed by atoms with van der Waals surface area (Å²) < 4.78 is -0.0591. The van der Waals surface area contributed by atoms with Gasteiger partial charge in [0.25, 0.3) is 5.91 Å². The van der Waals surface area contributed by atoms with E-state index < -0.39 is 23.9 Å². The first-order valence-corrected chi connectivity index (χ1v) is 8.51. The molecule has 2 atom stereocenters. The molecule has 0 aliphatic rings. The van der Waals surface area contributed by atoms with E-state index in [1.54, 1.807) is 24.3 Å². The van der Waals surface area contributed by atoms with Gasteiger partial charge in [0.1, 0.15) is 12.3 Å². The fourth-order valence-corrected chi connectivity index (χ4v) is 2.27. The maximum absolute atomic E-state index is 12.1. The van der Waals surface area contributed by atoms with E-state index in [9.17, 15) is 19.2 Å². The van der Waals surface area contributed by atoms with Crippen LogP contribution in [0.5, 0.6) is 0 Å². The van der Waals surface area contributed by atoms with Crippen molar-refractivity contribution in [3.63, 3.8) is 0 Å². The number of rotatable bonds is 10. The minimum Gasteiger partial charge on any atom is -0.481 e. The highest BCUT2D eigenvalue weighted by Crippen LogP contribution is 2.11. The SMILES string of the molecule is O=CC(I)CCc1ccc(C(=O)N[C@@H](CCC(=O)O)C(=O)O)cc1. The van der Waals surface area contributed by atoms with Crippen LogP contribution in [0, 0.1) is 0 Å². The largest absolute Gasteiger partial charge is 0.481 e. The Hall–Kier alpha value is -1.97. The number of hydrogen-bond acceptors (Lipinski definition) is 4. The van der Waals surface area contributed by atoms with Gasteiger partial charge < -0.3 is 20.3 Å². The zero-order valence-corrected chi connectivity index (χ0v) is 14.9. The molecule has 8 heteroatoms. The molecule has 0 saturated heterocycles. The number of carboxylic acid groups (broad SMARTS) is 2. The Bertz CT molecular complexity index is 601. The van der Waals surface area contributed by atoms with Gasteiger partial charge in [-0.15, -0.1) is 0 Å². The molecule has 130 valence electrons. The van der Waals surface area contributed by atoms with Crippen molar-refractivity contribution in [2.24, 2.45) is 0 Å². The number of carbonyl (C=O) groups is 4. The highest BCUT2D eigenvalue weighted by atomic mass is 127. The number of carbonyl (C=O) groups excluding carboxylic acids is 2. The first-order valence-electron chi connectivity index (χ1n) is 7.27. The Balaban J connectivity index is 2.64. The summed E-state index contributed by atoms with van der Waals surface area (Å²) in [5.41, 5.74) is 1.26. The molecule has 0 aromatic heterocycles. The van der Waals surface area contributed by atoms with E-state index in [0.717, 1.165) is 11.8 Å². The van der Waals surface area contributed by atoms with E-state index in [1.165, 1.54) is 0 Å². The standard InChI is InChI=1S/C16H18INO6/c17-12(9-19)6-3-10-1-4-11(5-2-10)15(22)18-13(16(23)24)7-8-14(20)21/h1-2,4-5,9,12-13H,3,6-8H2,(H,18,22)(H,20,21)(H,23,24)/t12?,13-/m0/s1. The summed E-state index contributed by atoms with van der Waals surface area (Å²) in [6, 6.07) is 5.39. The zero-order valence-electron chi connectivity index (χ0n) is 12.8. The van der Waals surface area contributed by atoms with Crippen LogP contribution in [0.4, 0.5) is 0 Å². The highest BCUT2D eigenvalue weighted by molar-refractivity contribution is 14.1. The number of hydrogen-bond donors (Lipinski definition) is 3.